The highest BCUT2D eigenvalue weighted by atomic mass is 19.1. The zero-order chi connectivity index (χ0) is 13.1. The number of hydrogen-bond acceptors (Lipinski definition) is 2. The highest BCUT2D eigenvalue weighted by Gasteiger charge is 2.29. The molecule has 0 aromatic heterocycles. The number of hydrogen-bond donors (Lipinski definition) is 2. The van der Waals surface area contributed by atoms with Crippen molar-refractivity contribution in [1.29, 1.82) is 0 Å². The largest absolute Gasteiger partial charge is 0.349 e. The van der Waals surface area contributed by atoms with E-state index in [4.69, 9.17) is 0 Å². The molecule has 1 saturated heterocycles. The standard InChI is InChI=1S/C14H19FN2O/c1-9(12-7-16-8-12)14(18)17-10(2)11-4-3-5-13(15)6-11/h3-6,9-10,12,16H,7-8H2,1-2H3,(H,17,18)/t9?,10-/m1/s1. The van der Waals surface area contributed by atoms with Crippen molar-refractivity contribution in [3.63, 3.8) is 0 Å². The molecule has 3 nitrogen and oxygen atoms in total. The van der Waals surface area contributed by atoms with Crippen LogP contribution in [0.5, 0.6) is 0 Å². The molecular weight excluding hydrogens is 231 g/mol. The number of rotatable bonds is 4. The maximum atomic E-state index is 13.1. The molecule has 2 rings (SSSR count). The van der Waals surface area contributed by atoms with Gasteiger partial charge in [-0.2, -0.15) is 0 Å². The van der Waals surface area contributed by atoms with Crippen LogP contribution in [-0.2, 0) is 4.79 Å². The summed E-state index contributed by atoms with van der Waals surface area (Å²) < 4.78 is 13.1. The number of halogens is 1. The van der Waals surface area contributed by atoms with E-state index in [-0.39, 0.29) is 23.7 Å². The SMILES string of the molecule is CC(C(=O)N[C@H](C)c1cccc(F)c1)C1CNC1. The second kappa shape index (κ2) is 5.48. The second-order valence-corrected chi connectivity index (χ2v) is 4.99. The quantitative estimate of drug-likeness (QED) is 0.856. The third-order valence-electron chi connectivity index (χ3n) is 3.64. The topological polar surface area (TPSA) is 41.1 Å². The molecule has 2 atom stereocenters. The van der Waals surface area contributed by atoms with Crippen molar-refractivity contribution >= 4 is 5.91 Å². The van der Waals surface area contributed by atoms with Crippen molar-refractivity contribution in [2.45, 2.75) is 19.9 Å². The van der Waals surface area contributed by atoms with Crippen LogP contribution in [0.2, 0.25) is 0 Å². The van der Waals surface area contributed by atoms with E-state index in [9.17, 15) is 9.18 Å². The Kier molecular flexibility index (Phi) is 3.97. The lowest BCUT2D eigenvalue weighted by atomic mass is 9.88. The van der Waals surface area contributed by atoms with Gasteiger partial charge in [-0.25, -0.2) is 4.39 Å². The molecule has 1 aromatic carbocycles. The van der Waals surface area contributed by atoms with Crippen LogP contribution in [0.25, 0.3) is 0 Å². The van der Waals surface area contributed by atoms with E-state index in [0.29, 0.717) is 5.92 Å². The zero-order valence-corrected chi connectivity index (χ0v) is 10.7. The Bertz CT molecular complexity index is 432. The van der Waals surface area contributed by atoms with Crippen LogP contribution < -0.4 is 10.6 Å². The lowest BCUT2D eigenvalue weighted by Gasteiger charge is -2.32. The van der Waals surface area contributed by atoms with Gasteiger partial charge in [0.05, 0.1) is 6.04 Å². The molecule has 1 amide bonds. The molecule has 0 bridgehead atoms. The smallest absolute Gasteiger partial charge is 0.223 e. The monoisotopic (exact) mass is 250 g/mol. The fourth-order valence-corrected chi connectivity index (χ4v) is 2.08. The maximum Gasteiger partial charge on any atom is 0.223 e. The number of nitrogens with one attached hydrogen (secondary N) is 2. The minimum Gasteiger partial charge on any atom is -0.349 e. The summed E-state index contributed by atoms with van der Waals surface area (Å²) in [5, 5.41) is 6.10. The Hall–Kier alpha value is -1.42. The average Bonchev–Trinajstić information content (AvgIpc) is 2.26. The minimum atomic E-state index is -0.273. The predicted molar refractivity (Wildman–Crippen MR) is 68.5 cm³/mol. The van der Waals surface area contributed by atoms with Crippen molar-refractivity contribution < 1.29 is 9.18 Å². The number of benzene rings is 1. The maximum absolute atomic E-state index is 13.1. The molecule has 1 aliphatic rings. The van der Waals surface area contributed by atoms with E-state index in [0.717, 1.165) is 18.7 Å². The first-order valence-electron chi connectivity index (χ1n) is 6.34. The van der Waals surface area contributed by atoms with E-state index >= 15 is 0 Å². The first-order chi connectivity index (χ1) is 8.58. The van der Waals surface area contributed by atoms with Crippen molar-refractivity contribution in [3.8, 4) is 0 Å². The Labute approximate surface area is 107 Å². The molecule has 4 heteroatoms. The van der Waals surface area contributed by atoms with Crippen LogP contribution in [0, 0.1) is 17.7 Å². The van der Waals surface area contributed by atoms with Gasteiger partial charge in [-0.1, -0.05) is 19.1 Å². The lowest BCUT2D eigenvalue weighted by Crippen LogP contribution is -2.49. The van der Waals surface area contributed by atoms with E-state index in [1.165, 1.54) is 12.1 Å². The first kappa shape index (κ1) is 13.0. The van der Waals surface area contributed by atoms with Crippen LogP contribution in [0.1, 0.15) is 25.5 Å². The number of amides is 1. The van der Waals surface area contributed by atoms with Crippen molar-refractivity contribution in [3.05, 3.63) is 35.6 Å². The fraction of sp³-hybridized carbons (Fsp3) is 0.500. The van der Waals surface area contributed by atoms with Crippen LogP contribution in [0.15, 0.2) is 24.3 Å². The highest BCUT2D eigenvalue weighted by Crippen LogP contribution is 2.19. The predicted octanol–water partition coefficient (Wildman–Crippen LogP) is 1.86. The third kappa shape index (κ3) is 2.88. The van der Waals surface area contributed by atoms with Gasteiger partial charge in [-0.05, 0) is 43.6 Å². The Morgan fingerprint density at radius 2 is 2.17 bits per heavy atom. The van der Waals surface area contributed by atoms with E-state index in [1.807, 2.05) is 19.9 Å². The fourth-order valence-electron chi connectivity index (χ4n) is 2.08. The summed E-state index contributed by atoms with van der Waals surface area (Å²) in [6, 6.07) is 6.18. The average molecular weight is 250 g/mol. The number of carbonyl (C=O) groups excluding carboxylic acids is 1. The molecule has 0 aliphatic carbocycles. The molecule has 0 spiro atoms. The van der Waals surface area contributed by atoms with Gasteiger partial charge in [0.1, 0.15) is 5.82 Å². The van der Waals surface area contributed by atoms with Crippen LogP contribution in [-0.4, -0.2) is 19.0 Å². The van der Waals surface area contributed by atoms with Crippen molar-refractivity contribution in [1.82, 2.24) is 10.6 Å². The normalized spacial score (nSPS) is 18.8. The van der Waals surface area contributed by atoms with E-state index < -0.39 is 0 Å². The van der Waals surface area contributed by atoms with E-state index in [1.54, 1.807) is 6.07 Å². The van der Waals surface area contributed by atoms with Gasteiger partial charge in [-0.15, -0.1) is 0 Å². The van der Waals surface area contributed by atoms with Gasteiger partial charge in [0.25, 0.3) is 0 Å². The zero-order valence-electron chi connectivity index (χ0n) is 10.7. The molecule has 1 heterocycles. The summed E-state index contributed by atoms with van der Waals surface area (Å²) in [4.78, 5) is 12.0. The Morgan fingerprint density at radius 1 is 1.44 bits per heavy atom. The molecule has 98 valence electrons. The summed E-state index contributed by atoms with van der Waals surface area (Å²) in [5.41, 5.74) is 0.794. The third-order valence-corrected chi connectivity index (χ3v) is 3.64. The van der Waals surface area contributed by atoms with Crippen molar-refractivity contribution in [2.75, 3.05) is 13.1 Å². The molecule has 1 aliphatic heterocycles. The number of carbonyl (C=O) groups is 1. The Morgan fingerprint density at radius 3 is 2.72 bits per heavy atom. The lowest BCUT2D eigenvalue weighted by molar-refractivity contribution is -0.127. The summed E-state index contributed by atoms with van der Waals surface area (Å²) in [6.07, 6.45) is 0. The van der Waals surface area contributed by atoms with Gasteiger partial charge in [0, 0.05) is 5.92 Å². The van der Waals surface area contributed by atoms with E-state index in [2.05, 4.69) is 10.6 Å². The minimum absolute atomic E-state index is 0.00209. The van der Waals surface area contributed by atoms with Gasteiger partial charge in [0.2, 0.25) is 5.91 Å². The van der Waals surface area contributed by atoms with Gasteiger partial charge in [-0.3, -0.25) is 4.79 Å². The van der Waals surface area contributed by atoms with Crippen molar-refractivity contribution in [2.24, 2.45) is 11.8 Å². The molecule has 2 N–H and O–H groups in total. The summed E-state index contributed by atoms with van der Waals surface area (Å²) in [7, 11) is 0. The van der Waals surface area contributed by atoms with Gasteiger partial charge in [0.15, 0.2) is 0 Å². The molecule has 18 heavy (non-hydrogen) atoms. The van der Waals surface area contributed by atoms with Crippen LogP contribution >= 0.6 is 0 Å². The van der Waals surface area contributed by atoms with Gasteiger partial charge >= 0.3 is 0 Å². The second-order valence-electron chi connectivity index (χ2n) is 4.99. The first-order valence-corrected chi connectivity index (χ1v) is 6.34. The summed E-state index contributed by atoms with van der Waals surface area (Å²) in [6.45, 7) is 5.63. The molecule has 1 unspecified atom stereocenters. The molecule has 1 fully saturated rings. The molecule has 1 aromatic rings. The van der Waals surface area contributed by atoms with Gasteiger partial charge < -0.3 is 10.6 Å². The summed E-state index contributed by atoms with van der Waals surface area (Å²) >= 11 is 0. The molecular formula is C14H19FN2O. The Balaban J connectivity index is 1.94. The summed E-state index contributed by atoms with van der Waals surface area (Å²) in [5.74, 6) is 0.190. The molecule has 0 saturated carbocycles. The van der Waals surface area contributed by atoms with Crippen LogP contribution in [0.3, 0.4) is 0 Å². The van der Waals surface area contributed by atoms with Crippen LogP contribution in [0.4, 0.5) is 4.39 Å². The highest BCUT2D eigenvalue weighted by molar-refractivity contribution is 5.79. The molecule has 0 radical (unpaired) electrons.